The number of halogens is 2. The molecule has 1 N–H and O–H groups in total. The van der Waals surface area contributed by atoms with Crippen molar-refractivity contribution >= 4 is 0 Å². The second kappa shape index (κ2) is 6.01. The molecule has 0 saturated heterocycles. The number of aromatic amines is 1. The van der Waals surface area contributed by atoms with Gasteiger partial charge in [-0.2, -0.15) is 0 Å². The van der Waals surface area contributed by atoms with Gasteiger partial charge in [0.05, 0.1) is 31.1 Å². The molecule has 0 radical (unpaired) electrons. The topological polar surface area (TPSA) is 64.2 Å². The summed E-state index contributed by atoms with van der Waals surface area (Å²) in [7, 11) is 0. The minimum Gasteiger partial charge on any atom is -0.376 e. The Labute approximate surface area is 102 Å². The van der Waals surface area contributed by atoms with E-state index in [0.29, 0.717) is 30.8 Å². The largest absolute Gasteiger partial charge is 0.376 e. The van der Waals surface area contributed by atoms with E-state index in [4.69, 9.17) is 9.47 Å². The summed E-state index contributed by atoms with van der Waals surface area (Å²) in [5, 5.41) is 0. The lowest BCUT2D eigenvalue weighted by atomic mass is 10.1. The van der Waals surface area contributed by atoms with E-state index in [1.165, 1.54) is 0 Å². The van der Waals surface area contributed by atoms with E-state index in [-0.39, 0.29) is 18.8 Å². The molecule has 0 spiro atoms. The second-order valence-corrected chi connectivity index (χ2v) is 3.96. The third kappa shape index (κ3) is 3.33. The molecule has 0 amide bonds. The van der Waals surface area contributed by atoms with Gasteiger partial charge in [0.2, 0.25) is 0 Å². The zero-order valence-corrected chi connectivity index (χ0v) is 9.75. The number of ether oxygens (including phenoxy) is 2. The summed E-state index contributed by atoms with van der Waals surface area (Å²) in [6.07, 6.45) is -1.56. The number of hydrogen-bond donors (Lipinski definition) is 1. The molecule has 1 aromatic rings. The van der Waals surface area contributed by atoms with Gasteiger partial charge in [-0.3, -0.25) is 4.79 Å². The van der Waals surface area contributed by atoms with Crippen LogP contribution in [0.5, 0.6) is 0 Å². The molecular weight excluding hydrogens is 246 g/mol. The highest BCUT2D eigenvalue weighted by atomic mass is 19.3. The monoisotopic (exact) mass is 260 g/mol. The zero-order chi connectivity index (χ0) is 13.0. The maximum absolute atomic E-state index is 11.8. The van der Waals surface area contributed by atoms with Gasteiger partial charge in [0.15, 0.2) is 0 Å². The first-order valence-corrected chi connectivity index (χ1v) is 5.71. The van der Waals surface area contributed by atoms with Crippen molar-refractivity contribution in [1.82, 2.24) is 9.97 Å². The third-order valence-electron chi connectivity index (χ3n) is 2.61. The summed E-state index contributed by atoms with van der Waals surface area (Å²) < 4.78 is 33.6. The average Bonchev–Trinajstić information content (AvgIpc) is 2.35. The van der Waals surface area contributed by atoms with Gasteiger partial charge in [0.25, 0.3) is 12.0 Å². The van der Waals surface area contributed by atoms with Gasteiger partial charge in [-0.25, -0.2) is 13.8 Å². The molecular formula is C11H14F2N2O3. The van der Waals surface area contributed by atoms with Crippen LogP contribution in [0, 0.1) is 0 Å². The zero-order valence-electron chi connectivity index (χ0n) is 9.75. The molecule has 0 aliphatic carbocycles. The van der Waals surface area contributed by atoms with Crippen molar-refractivity contribution in [3.05, 3.63) is 27.4 Å². The van der Waals surface area contributed by atoms with E-state index >= 15 is 0 Å². The van der Waals surface area contributed by atoms with E-state index in [2.05, 4.69) is 9.97 Å². The normalized spacial score (nSPS) is 14.8. The fourth-order valence-corrected chi connectivity index (χ4v) is 1.75. The Morgan fingerprint density at radius 2 is 2.33 bits per heavy atom. The Balaban J connectivity index is 1.97. The van der Waals surface area contributed by atoms with Crippen molar-refractivity contribution in [2.45, 2.75) is 25.9 Å². The maximum atomic E-state index is 11.8. The number of H-pyrrole nitrogens is 1. The number of rotatable bonds is 5. The van der Waals surface area contributed by atoms with Crippen LogP contribution < -0.4 is 5.56 Å². The molecule has 7 heteroatoms. The van der Waals surface area contributed by atoms with Crippen LogP contribution in [-0.4, -0.2) is 36.2 Å². The number of alkyl halides is 2. The van der Waals surface area contributed by atoms with Gasteiger partial charge in [0, 0.05) is 12.8 Å². The highest BCUT2D eigenvalue weighted by Gasteiger charge is 2.15. The standard InChI is InChI=1S/C11H14F2N2O3/c12-9(13)6-18-4-2-10-14-8-1-3-17-5-7(8)11(16)15-10/h9H,1-6H2,(H,14,15,16). The van der Waals surface area contributed by atoms with Gasteiger partial charge in [0.1, 0.15) is 12.4 Å². The van der Waals surface area contributed by atoms with Gasteiger partial charge in [-0.15, -0.1) is 0 Å². The molecule has 0 bridgehead atoms. The predicted octanol–water partition coefficient (Wildman–Crippen LogP) is 0.667. The molecule has 1 aliphatic heterocycles. The van der Waals surface area contributed by atoms with Crippen molar-refractivity contribution in [2.75, 3.05) is 19.8 Å². The third-order valence-corrected chi connectivity index (χ3v) is 2.61. The van der Waals surface area contributed by atoms with Gasteiger partial charge in [-0.05, 0) is 0 Å². The lowest BCUT2D eigenvalue weighted by molar-refractivity contribution is 0.0182. The number of nitrogens with zero attached hydrogens (tertiary/aromatic N) is 1. The van der Waals surface area contributed by atoms with Crippen molar-refractivity contribution in [3.8, 4) is 0 Å². The molecule has 18 heavy (non-hydrogen) atoms. The smallest absolute Gasteiger partial charge is 0.261 e. The first-order chi connectivity index (χ1) is 8.66. The summed E-state index contributed by atoms with van der Waals surface area (Å²) >= 11 is 0. The fourth-order valence-electron chi connectivity index (χ4n) is 1.75. The average molecular weight is 260 g/mol. The summed E-state index contributed by atoms with van der Waals surface area (Å²) in [6, 6.07) is 0. The Morgan fingerprint density at radius 3 is 3.11 bits per heavy atom. The maximum Gasteiger partial charge on any atom is 0.261 e. The van der Waals surface area contributed by atoms with Crippen LogP contribution in [0.3, 0.4) is 0 Å². The second-order valence-electron chi connectivity index (χ2n) is 3.96. The van der Waals surface area contributed by atoms with Crippen molar-refractivity contribution < 1.29 is 18.3 Å². The Hall–Kier alpha value is -1.34. The lowest BCUT2D eigenvalue weighted by Crippen LogP contribution is -2.25. The first-order valence-electron chi connectivity index (χ1n) is 5.71. The molecule has 1 aliphatic rings. The molecule has 0 atom stereocenters. The van der Waals surface area contributed by atoms with Crippen molar-refractivity contribution in [3.63, 3.8) is 0 Å². The number of hydrogen-bond acceptors (Lipinski definition) is 4. The quantitative estimate of drug-likeness (QED) is 0.790. The van der Waals surface area contributed by atoms with E-state index in [1.54, 1.807) is 0 Å². The molecule has 100 valence electrons. The highest BCUT2D eigenvalue weighted by molar-refractivity contribution is 5.19. The van der Waals surface area contributed by atoms with E-state index in [0.717, 1.165) is 5.69 Å². The number of nitrogens with one attached hydrogen (secondary N) is 1. The number of fused-ring (bicyclic) bond motifs is 1. The first kappa shape index (κ1) is 13.1. The van der Waals surface area contributed by atoms with Crippen LogP contribution in [0.2, 0.25) is 0 Å². The minimum absolute atomic E-state index is 0.114. The van der Waals surface area contributed by atoms with Crippen LogP contribution in [0.1, 0.15) is 17.1 Å². The molecule has 1 aromatic heterocycles. The summed E-state index contributed by atoms with van der Waals surface area (Å²) in [5.41, 5.74) is 1.07. The molecule has 0 unspecified atom stereocenters. The Bertz CT molecular complexity index is 462. The molecule has 0 fully saturated rings. The van der Waals surface area contributed by atoms with Crippen molar-refractivity contribution in [2.24, 2.45) is 0 Å². The van der Waals surface area contributed by atoms with Crippen LogP contribution >= 0.6 is 0 Å². The van der Waals surface area contributed by atoms with Crippen LogP contribution in [0.15, 0.2) is 4.79 Å². The van der Waals surface area contributed by atoms with Crippen LogP contribution in [-0.2, 0) is 28.9 Å². The fraction of sp³-hybridized carbons (Fsp3) is 0.636. The van der Waals surface area contributed by atoms with Crippen molar-refractivity contribution in [1.29, 1.82) is 0 Å². The van der Waals surface area contributed by atoms with E-state index < -0.39 is 13.0 Å². The van der Waals surface area contributed by atoms with E-state index in [9.17, 15) is 13.6 Å². The summed E-state index contributed by atoms with van der Waals surface area (Å²) in [6.45, 7) is 0.343. The lowest BCUT2D eigenvalue weighted by Gasteiger charge is -2.15. The Kier molecular flexibility index (Phi) is 4.38. The SMILES string of the molecule is O=c1[nH]c(CCOCC(F)F)nc2c1COCC2. The number of aromatic nitrogens is 2. The predicted molar refractivity (Wildman–Crippen MR) is 58.7 cm³/mol. The van der Waals surface area contributed by atoms with Crippen LogP contribution in [0.4, 0.5) is 8.78 Å². The minimum atomic E-state index is -2.47. The van der Waals surface area contributed by atoms with E-state index in [1.807, 2.05) is 0 Å². The van der Waals surface area contributed by atoms with Gasteiger partial charge < -0.3 is 14.5 Å². The Morgan fingerprint density at radius 1 is 1.50 bits per heavy atom. The molecule has 0 aromatic carbocycles. The molecule has 0 saturated carbocycles. The summed E-state index contributed by atoms with van der Waals surface area (Å²) in [4.78, 5) is 18.6. The van der Waals surface area contributed by atoms with Gasteiger partial charge >= 0.3 is 0 Å². The van der Waals surface area contributed by atoms with Crippen LogP contribution in [0.25, 0.3) is 0 Å². The molecule has 5 nitrogen and oxygen atoms in total. The van der Waals surface area contributed by atoms with Gasteiger partial charge in [-0.1, -0.05) is 0 Å². The molecule has 2 heterocycles. The highest BCUT2D eigenvalue weighted by Crippen LogP contribution is 2.10. The summed E-state index contributed by atoms with van der Waals surface area (Å²) in [5.74, 6) is 0.468. The molecule has 2 rings (SSSR count).